The van der Waals surface area contributed by atoms with Crippen LogP contribution in [0.4, 0.5) is 5.69 Å². The van der Waals surface area contributed by atoms with Gasteiger partial charge in [0, 0.05) is 19.2 Å². The number of carboxylic acids is 1. The molecule has 110 valence electrons. The van der Waals surface area contributed by atoms with Crippen LogP contribution in [0.5, 0.6) is 0 Å². The van der Waals surface area contributed by atoms with E-state index in [2.05, 4.69) is 16.9 Å². The maximum Gasteiger partial charge on any atom is 0.323 e. The Morgan fingerprint density at radius 3 is 3.00 bits per heavy atom. The lowest BCUT2D eigenvalue weighted by Crippen LogP contribution is -2.36. The number of piperidine rings is 1. The molecule has 1 aliphatic heterocycles. The van der Waals surface area contributed by atoms with Gasteiger partial charge in [0.1, 0.15) is 0 Å². The number of aromatic nitrogens is 2. The van der Waals surface area contributed by atoms with Gasteiger partial charge in [-0.1, -0.05) is 6.92 Å². The van der Waals surface area contributed by atoms with E-state index in [9.17, 15) is 9.59 Å². The van der Waals surface area contributed by atoms with Crippen LogP contribution in [0.2, 0.25) is 0 Å². The first-order chi connectivity index (χ1) is 9.47. The molecule has 2 unspecified atom stereocenters. The predicted octanol–water partition coefficient (Wildman–Crippen LogP) is 1.17. The number of carboxylic acid groups (broad SMARTS) is 1. The SMILES string of the molecule is CC1CCCN(c2cnn(CC(Cl)C(=O)O)c(=O)c2)C1. The molecule has 1 saturated heterocycles. The largest absolute Gasteiger partial charge is 0.480 e. The number of hydrogen-bond donors (Lipinski definition) is 1. The Morgan fingerprint density at radius 1 is 1.65 bits per heavy atom. The normalized spacial score (nSPS) is 20.7. The van der Waals surface area contributed by atoms with E-state index in [-0.39, 0.29) is 12.1 Å². The molecule has 0 amide bonds. The molecule has 2 atom stereocenters. The number of anilines is 1. The molecule has 1 aromatic heterocycles. The Labute approximate surface area is 122 Å². The number of hydrogen-bond acceptors (Lipinski definition) is 4. The number of carbonyl (C=O) groups is 1. The second kappa shape index (κ2) is 6.26. The van der Waals surface area contributed by atoms with Crippen LogP contribution in [0.25, 0.3) is 0 Å². The number of nitrogens with zero attached hydrogens (tertiary/aromatic N) is 3. The molecule has 2 rings (SSSR count). The lowest BCUT2D eigenvalue weighted by atomic mass is 10.00. The lowest BCUT2D eigenvalue weighted by molar-refractivity contribution is -0.136. The minimum atomic E-state index is -1.16. The Bertz CT molecular complexity index is 546. The average molecular weight is 300 g/mol. The maximum absolute atomic E-state index is 11.9. The zero-order valence-electron chi connectivity index (χ0n) is 11.3. The van der Waals surface area contributed by atoms with Crippen molar-refractivity contribution < 1.29 is 9.90 Å². The van der Waals surface area contributed by atoms with E-state index in [0.29, 0.717) is 5.92 Å². The van der Waals surface area contributed by atoms with E-state index in [1.165, 1.54) is 12.5 Å². The van der Waals surface area contributed by atoms with E-state index in [1.807, 2.05) is 0 Å². The Morgan fingerprint density at radius 2 is 2.40 bits per heavy atom. The van der Waals surface area contributed by atoms with Crippen molar-refractivity contribution in [2.75, 3.05) is 18.0 Å². The highest BCUT2D eigenvalue weighted by Crippen LogP contribution is 2.20. The second-order valence-corrected chi connectivity index (χ2v) is 5.76. The van der Waals surface area contributed by atoms with Crippen molar-refractivity contribution in [3.05, 3.63) is 22.6 Å². The third-order valence-electron chi connectivity index (χ3n) is 3.48. The molecule has 1 fully saturated rings. The van der Waals surface area contributed by atoms with Gasteiger partial charge in [0.2, 0.25) is 0 Å². The highest BCUT2D eigenvalue weighted by Gasteiger charge is 2.19. The minimum Gasteiger partial charge on any atom is -0.480 e. The predicted molar refractivity (Wildman–Crippen MR) is 76.4 cm³/mol. The maximum atomic E-state index is 11.9. The van der Waals surface area contributed by atoms with E-state index in [0.717, 1.165) is 29.9 Å². The van der Waals surface area contributed by atoms with Crippen molar-refractivity contribution in [2.45, 2.75) is 31.7 Å². The molecule has 0 aromatic carbocycles. The van der Waals surface area contributed by atoms with Crippen LogP contribution in [0, 0.1) is 5.92 Å². The summed E-state index contributed by atoms with van der Waals surface area (Å²) in [6, 6.07) is 1.50. The van der Waals surface area contributed by atoms with Gasteiger partial charge < -0.3 is 10.0 Å². The molecule has 0 radical (unpaired) electrons. The number of halogens is 1. The topological polar surface area (TPSA) is 75.4 Å². The summed E-state index contributed by atoms with van der Waals surface area (Å²) >= 11 is 5.62. The van der Waals surface area contributed by atoms with Gasteiger partial charge in [-0.25, -0.2) is 4.68 Å². The molecular weight excluding hydrogens is 282 g/mol. The van der Waals surface area contributed by atoms with E-state index < -0.39 is 11.3 Å². The van der Waals surface area contributed by atoms with Crippen LogP contribution in [0.3, 0.4) is 0 Å². The van der Waals surface area contributed by atoms with Crippen molar-refractivity contribution >= 4 is 23.3 Å². The third-order valence-corrected chi connectivity index (χ3v) is 3.80. The molecule has 0 aliphatic carbocycles. The number of rotatable bonds is 4. The van der Waals surface area contributed by atoms with Crippen LogP contribution in [-0.4, -0.2) is 39.3 Å². The Kier molecular flexibility index (Phi) is 4.65. The third kappa shape index (κ3) is 3.50. The molecule has 2 heterocycles. The minimum absolute atomic E-state index is 0.133. The molecule has 6 nitrogen and oxygen atoms in total. The van der Waals surface area contributed by atoms with Crippen molar-refractivity contribution in [3.63, 3.8) is 0 Å². The van der Waals surface area contributed by atoms with Gasteiger partial charge in [-0.15, -0.1) is 11.6 Å². The van der Waals surface area contributed by atoms with E-state index >= 15 is 0 Å². The standard InChI is InChI=1S/C13H18ClN3O3/c1-9-3-2-4-16(7-9)10-5-12(18)17(15-6-10)8-11(14)13(19)20/h5-6,9,11H,2-4,7-8H2,1H3,(H,19,20). The van der Waals surface area contributed by atoms with Crippen molar-refractivity contribution in [1.29, 1.82) is 0 Å². The lowest BCUT2D eigenvalue weighted by Gasteiger charge is -2.32. The monoisotopic (exact) mass is 299 g/mol. The summed E-state index contributed by atoms with van der Waals surface area (Å²) in [5, 5.41) is 11.6. The van der Waals surface area contributed by atoms with Crippen LogP contribution < -0.4 is 10.5 Å². The summed E-state index contributed by atoms with van der Waals surface area (Å²) in [7, 11) is 0. The average Bonchev–Trinajstić information content (AvgIpc) is 2.40. The highest BCUT2D eigenvalue weighted by atomic mass is 35.5. The van der Waals surface area contributed by atoms with Crippen molar-refractivity contribution in [1.82, 2.24) is 9.78 Å². The van der Waals surface area contributed by atoms with Gasteiger partial charge in [0.25, 0.3) is 5.56 Å². The number of aliphatic carboxylic acids is 1. The molecule has 1 aliphatic rings. The van der Waals surface area contributed by atoms with Crippen molar-refractivity contribution in [3.8, 4) is 0 Å². The van der Waals surface area contributed by atoms with Gasteiger partial charge in [0.15, 0.2) is 5.38 Å². The fourth-order valence-electron chi connectivity index (χ4n) is 2.39. The molecule has 1 N–H and O–H groups in total. The summed E-state index contributed by atoms with van der Waals surface area (Å²) in [6.07, 6.45) is 3.91. The first-order valence-corrected chi connectivity index (χ1v) is 7.10. The fourth-order valence-corrected chi connectivity index (χ4v) is 2.52. The summed E-state index contributed by atoms with van der Waals surface area (Å²) < 4.78 is 1.09. The molecular formula is C13H18ClN3O3. The van der Waals surface area contributed by atoms with Crippen LogP contribution in [0.1, 0.15) is 19.8 Å². The molecule has 0 spiro atoms. The Balaban J connectivity index is 2.13. The van der Waals surface area contributed by atoms with Crippen LogP contribution >= 0.6 is 11.6 Å². The fraction of sp³-hybridized carbons (Fsp3) is 0.615. The molecule has 20 heavy (non-hydrogen) atoms. The van der Waals surface area contributed by atoms with Gasteiger partial charge in [-0.2, -0.15) is 5.10 Å². The van der Waals surface area contributed by atoms with Gasteiger partial charge >= 0.3 is 5.97 Å². The zero-order valence-corrected chi connectivity index (χ0v) is 12.1. The van der Waals surface area contributed by atoms with Crippen LogP contribution in [-0.2, 0) is 11.3 Å². The summed E-state index contributed by atoms with van der Waals surface area (Å²) in [6.45, 7) is 3.89. The summed E-state index contributed by atoms with van der Waals surface area (Å²) in [5.74, 6) is -0.556. The molecule has 7 heteroatoms. The molecule has 0 saturated carbocycles. The van der Waals surface area contributed by atoms with Gasteiger partial charge in [0.05, 0.1) is 18.4 Å². The number of alkyl halides is 1. The zero-order chi connectivity index (χ0) is 14.7. The second-order valence-electron chi connectivity index (χ2n) is 5.23. The quantitative estimate of drug-likeness (QED) is 0.845. The van der Waals surface area contributed by atoms with E-state index in [4.69, 9.17) is 16.7 Å². The van der Waals surface area contributed by atoms with Gasteiger partial charge in [-0.3, -0.25) is 9.59 Å². The van der Waals surface area contributed by atoms with E-state index in [1.54, 1.807) is 6.20 Å². The highest BCUT2D eigenvalue weighted by molar-refractivity contribution is 6.29. The first kappa shape index (κ1) is 14.8. The van der Waals surface area contributed by atoms with Crippen LogP contribution in [0.15, 0.2) is 17.1 Å². The van der Waals surface area contributed by atoms with Gasteiger partial charge in [-0.05, 0) is 18.8 Å². The smallest absolute Gasteiger partial charge is 0.323 e. The molecule has 1 aromatic rings. The first-order valence-electron chi connectivity index (χ1n) is 6.66. The van der Waals surface area contributed by atoms with Crippen molar-refractivity contribution in [2.24, 2.45) is 5.92 Å². The Hall–Kier alpha value is -1.56. The summed E-state index contributed by atoms with van der Waals surface area (Å²) in [4.78, 5) is 24.8. The summed E-state index contributed by atoms with van der Waals surface area (Å²) in [5.41, 5.74) is 0.465. The molecule has 0 bridgehead atoms.